The van der Waals surface area contributed by atoms with E-state index in [2.05, 4.69) is 29.8 Å². The summed E-state index contributed by atoms with van der Waals surface area (Å²) < 4.78 is 5.85. The number of rotatable bonds is 3. The van der Waals surface area contributed by atoms with Crippen LogP contribution in [0.5, 0.6) is 0 Å². The van der Waals surface area contributed by atoms with Crippen LogP contribution in [0.4, 0.5) is 11.6 Å². The molecule has 0 spiro atoms. The van der Waals surface area contributed by atoms with Crippen molar-refractivity contribution in [3.05, 3.63) is 40.1 Å². The molecular formula is C17H18N4O3. The van der Waals surface area contributed by atoms with Crippen molar-refractivity contribution in [2.45, 2.75) is 20.3 Å². The van der Waals surface area contributed by atoms with Crippen molar-refractivity contribution < 1.29 is 9.34 Å². The average molecular weight is 326 g/mol. The number of aromatic nitrogens is 1. The Morgan fingerprint density at radius 3 is 2.46 bits per heavy atom. The number of hydrogen-bond donors (Lipinski definition) is 0. The van der Waals surface area contributed by atoms with Gasteiger partial charge >= 0.3 is 0 Å². The van der Waals surface area contributed by atoms with E-state index in [1.807, 2.05) is 0 Å². The van der Waals surface area contributed by atoms with Gasteiger partial charge in [0.1, 0.15) is 6.07 Å². The molecule has 124 valence electrons. The molecule has 2 heterocycles. The minimum atomic E-state index is -0.456. The standard InChI is InChI=1S/C17H18N4O3/c1-11-7-12(2)10-20(9-11)17-15(8-18)19-16(24-17)13-3-5-14(6-4-13)21(22)23/h3-6,11-12H,7,9-10H2,1-2H3/t11-,12-/m1/s1. The van der Waals surface area contributed by atoms with Gasteiger partial charge in [-0.15, -0.1) is 0 Å². The molecule has 2 aromatic rings. The van der Waals surface area contributed by atoms with Crippen molar-refractivity contribution in [1.82, 2.24) is 4.98 Å². The summed E-state index contributed by atoms with van der Waals surface area (Å²) in [5, 5.41) is 20.1. The lowest BCUT2D eigenvalue weighted by molar-refractivity contribution is -0.384. The number of nitro benzene ring substituents is 1. The second-order valence-electron chi connectivity index (χ2n) is 6.44. The Morgan fingerprint density at radius 2 is 1.92 bits per heavy atom. The SMILES string of the molecule is C[C@@H]1C[C@@H](C)CN(c2oc(-c3ccc([N+](=O)[O-])cc3)nc2C#N)C1. The van der Waals surface area contributed by atoms with E-state index < -0.39 is 4.92 Å². The van der Waals surface area contributed by atoms with Crippen molar-refractivity contribution in [1.29, 1.82) is 5.26 Å². The highest BCUT2D eigenvalue weighted by atomic mass is 16.6. The minimum absolute atomic E-state index is 0.00437. The van der Waals surface area contributed by atoms with Gasteiger partial charge in [-0.1, -0.05) is 13.8 Å². The van der Waals surface area contributed by atoms with E-state index in [-0.39, 0.29) is 11.4 Å². The van der Waals surface area contributed by atoms with Crippen LogP contribution in [-0.4, -0.2) is 23.0 Å². The van der Waals surface area contributed by atoms with Gasteiger partial charge in [-0.3, -0.25) is 10.1 Å². The lowest BCUT2D eigenvalue weighted by Crippen LogP contribution is -2.38. The molecule has 7 nitrogen and oxygen atoms in total. The van der Waals surface area contributed by atoms with Crippen LogP contribution in [0.15, 0.2) is 28.7 Å². The highest BCUT2D eigenvalue weighted by molar-refractivity contribution is 5.61. The van der Waals surface area contributed by atoms with Gasteiger partial charge in [-0.05, 0) is 30.4 Å². The van der Waals surface area contributed by atoms with Crippen molar-refractivity contribution in [3.8, 4) is 17.5 Å². The number of nitriles is 1. The molecule has 7 heteroatoms. The maximum atomic E-state index is 10.7. The predicted molar refractivity (Wildman–Crippen MR) is 88.5 cm³/mol. The zero-order chi connectivity index (χ0) is 17.3. The van der Waals surface area contributed by atoms with E-state index in [4.69, 9.17) is 4.42 Å². The monoisotopic (exact) mass is 326 g/mol. The quantitative estimate of drug-likeness (QED) is 0.631. The molecule has 3 rings (SSSR count). The number of hydrogen-bond acceptors (Lipinski definition) is 6. The molecule has 1 fully saturated rings. The summed E-state index contributed by atoms with van der Waals surface area (Å²) in [6, 6.07) is 8.05. The highest BCUT2D eigenvalue weighted by Gasteiger charge is 2.27. The molecule has 0 unspecified atom stereocenters. The molecule has 0 radical (unpaired) electrons. The van der Waals surface area contributed by atoms with E-state index in [1.165, 1.54) is 12.1 Å². The van der Waals surface area contributed by atoms with Gasteiger partial charge < -0.3 is 9.32 Å². The van der Waals surface area contributed by atoms with E-state index in [9.17, 15) is 15.4 Å². The Hall–Kier alpha value is -2.88. The van der Waals surface area contributed by atoms with Crippen LogP contribution in [0.3, 0.4) is 0 Å². The summed E-state index contributed by atoms with van der Waals surface area (Å²) in [6.07, 6.45) is 1.15. The summed E-state index contributed by atoms with van der Waals surface area (Å²) in [7, 11) is 0. The van der Waals surface area contributed by atoms with Crippen molar-refractivity contribution in [2.75, 3.05) is 18.0 Å². The summed E-state index contributed by atoms with van der Waals surface area (Å²) in [4.78, 5) is 16.6. The summed E-state index contributed by atoms with van der Waals surface area (Å²) in [6.45, 7) is 6.02. The maximum Gasteiger partial charge on any atom is 0.269 e. The lowest BCUT2D eigenvalue weighted by atomic mass is 9.92. The fraction of sp³-hybridized carbons (Fsp3) is 0.412. The normalized spacial score (nSPS) is 20.6. The van der Waals surface area contributed by atoms with Gasteiger partial charge in [0.25, 0.3) is 5.69 Å². The highest BCUT2D eigenvalue weighted by Crippen LogP contribution is 2.32. The van der Waals surface area contributed by atoms with Gasteiger partial charge in [-0.2, -0.15) is 10.2 Å². The van der Waals surface area contributed by atoms with Crippen LogP contribution in [0.2, 0.25) is 0 Å². The topological polar surface area (TPSA) is 96.2 Å². The number of non-ortho nitro benzene ring substituents is 1. The molecule has 1 aromatic heterocycles. The van der Waals surface area contributed by atoms with E-state index in [0.717, 1.165) is 19.5 Å². The summed E-state index contributed by atoms with van der Waals surface area (Å²) in [5.41, 5.74) is 0.871. The first-order valence-electron chi connectivity index (χ1n) is 7.88. The number of anilines is 1. The summed E-state index contributed by atoms with van der Waals surface area (Å²) >= 11 is 0. The smallest absolute Gasteiger partial charge is 0.269 e. The second-order valence-corrected chi connectivity index (χ2v) is 6.44. The zero-order valence-electron chi connectivity index (χ0n) is 13.6. The first-order valence-corrected chi connectivity index (χ1v) is 7.88. The molecular weight excluding hydrogens is 308 g/mol. The third-order valence-electron chi connectivity index (χ3n) is 4.20. The Balaban J connectivity index is 1.93. The number of oxazole rings is 1. The van der Waals surface area contributed by atoms with Crippen LogP contribution in [0.25, 0.3) is 11.5 Å². The maximum absolute atomic E-state index is 10.7. The summed E-state index contributed by atoms with van der Waals surface area (Å²) in [5.74, 6) is 1.84. The Bertz CT molecular complexity index is 781. The Labute approximate surface area is 139 Å². The van der Waals surface area contributed by atoms with Crippen LogP contribution in [-0.2, 0) is 0 Å². The molecule has 1 aliphatic rings. The van der Waals surface area contributed by atoms with Gasteiger partial charge in [0.05, 0.1) is 4.92 Å². The predicted octanol–water partition coefficient (Wildman–Crippen LogP) is 3.60. The third kappa shape index (κ3) is 3.08. The first kappa shape index (κ1) is 16.0. The molecule has 0 amide bonds. The molecule has 1 aromatic carbocycles. The fourth-order valence-electron chi connectivity index (χ4n) is 3.28. The number of piperidine rings is 1. The molecule has 24 heavy (non-hydrogen) atoms. The number of nitrogens with zero attached hydrogens (tertiary/aromatic N) is 4. The number of nitro groups is 1. The largest absolute Gasteiger partial charge is 0.419 e. The van der Waals surface area contributed by atoms with Crippen molar-refractivity contribution >= 4 is 11.6 Å². The molecule has 1 saturated heterocycles. The van der Waals surface area contributed by atoms with Crippen LogP contribution in [0, 0.1) is 33.3 Å². The fourth-order valence-corrected chi connectivity index (χ4v) is 3.28. The van der Waals surface area contributed by atoms with Crippen molar-refractivity contribution in [3.63, 3.8) is 0 Å². The molecule has 0 N–H and O–H groups in total. The molecule has 0 aliphatic carbocycles. The van der Waals surface area contributed by atoms with Crippen LogP contribution >= 0.6 is 0 Å². The van der Waals surface area contributed by atoms with E-state index in [1.54, 1.807) is 12.1 Å². The Morgan fingerprint density at radius 1 is 1.29 bits per heavy atom. The van der Waals surface area contributed by atoms with Gasteiger partial charge in [0.15, 0.2) is 0 Å². The number of benzene rings is 1. The molecule has 1 aliphatic heterocycles. The minimum Gasteiger partial charge on any atom is -0.419 e. The molecule has 0 bridgehead atoms. The Kier molecular flexibility index (Phi) is 4.21. The third-order valence-corrected chi connectivity index (χ3v) is 4.20. The van der Waals surface area contributed by atoms with Gasteiger partial charge in [0, 0.05) is 30.8 Å². The second kappa shape index (κ2) is 6.32. The average Bonchev–Trinajstić information content (AvgIpc) is 2.98. The first-order chi connectivity index (χ1) is 11.5. The van der Waals surface area contributed by atoms with E-state index in [0.29, 0.717) is 29.2 Å². The van der Waals surface area contributed by atoms with Crippen LogP contribution in [0.1, 0.15) is 26.0 Å². The van der Waals surface area contributed by atoms with Crippen molar-refractivity contribution in [2.24, 2.45) is 11.8 Å². The zero-order valence-corrected chi connectivity index (χ0v) is 13.6. The van der Waals surface area contributed by atoms with Gasteiger partial charge in [-0.25, -0.2) is 0 Å². The lowest BCUT2D eigenvalue weighted by Gasteiger charge is -2.34. The van der Waals surface area contributed by atoms with Crippen LogP contribution < -0.4 is 4.90 Å². The van der Waals surface area contributed by atoms with Gasteiger partial charge in [0.2, 0.25) is 17.5 Å². The molecule has 0 saturated carbocycles. The van der Waals surface area contributed by atoms with E-state index >= 15 is 0 Å². The molecule has 2 atom stereocenters.